The van der Waals surface area contributed by atoms with Crippen LogP contribution in [0.3, 0.4) is 0 Å². The van der Waals surface area contributed by atoms with Crippen LogP contribution in [-0.2, 0) is 19.6 Å². The van der Waals surface area contributed by atoms with Gasteiger partial charge in [-0.2, -0.15) is 0 Å². The number of carbonyl (C=O) groups is 2. The van der Waals surface area contributed by atoms with Gasteiger partial charge in [-0.05, 0) is 38.5 Å². The van der Waals surface area contributed by atoms with E-state index in [9.17, 15) is 18.0 Å². The highest BCUT2D eigenvalue weighted by molar-refractivity contribution is 7.89. The normalized spacial score (nSPS) is 12.5. The molecule has 0 radical (unpaired) electrons. The Morgan fingerprint density at radius 2 is 1.96 bits per heavy atom. The Labute approximate surface area is 144 Å². The van der Waals surface area contributed by atoms with E-state index < -0.39 is 28.0 Å². The highest BCUT2D eigenvalue weighted by Crippen LogP contribution is 2.17. The zero-order valence-electron chi connectivity index (χ0n) is 13.8. The number of benzene rings is 1. The molecule has 25 heavy (non-hydrogen) atoms. The van der Waals surface area contributed by atoms with E-state index in [0.29, 0.717) is 11.3 Å². The maximum atomic E-state index is 12.1. The average molecular weight is 367 g/mol. The minimum absolute atomic E-state index is 0.0356. The van der Waals surface area contributed by atoms with Gasteiger partial charge in [0.2, 0.25) is 10.0 Å². The summed E-state index contributed by atoms with van der Waals surface area (Å²) in [6, 6.07) is 5.43. The number of primary sulfonamides is 1. The summed E-state index contributed by atoms with van der Waals surface area (Å²) in [6.07, 6.45) is -1.14. The largest absolute Gasteiger partial charge is 0.449 e. The van der Waals surface area contributed by atoms with Crippen LogP contribution < -0.4 is 10.5 Å². The quantitative estimate of drug-likeness (QED) is 0.754. The number of hydrogen-bond donors (Lipinski definition) is 2. The van der Waals surface area contributed by atoms with E-state index in [2.05, 4.69) is 10.5 Å². The van der Waals surface area contributed by atoms with Crippen molar-refractivity contribution in [2.45, 2.75) is 31.8 Å². The van der Waals surface area contributed by atoms with Gasteiger partial charge in [-0.3, -0.25) is 4.79 Å². The summed E-state index contributed by atoms with van der Waals surface area (Å²) in [5.41, 5.74) is 0.359. The Morgan fingerprint density at radius 1 is 1.28 bits per heavy atom. The van der Waals surface area contributed by atoms with Crippen molar-refractivity contribution in [1.82, 2.24) is 5.16 Å². The van der Waals surface area contributed by atoms with E-state index in [-0.39, 0.29) is 16.3 Å². The molecule has 1 amide bonds. The van der Waals surface area contributed by atoms with E-state index >= 15 is 0 Å². The lowest BCUT2D eigenvalue weighted by atomic mass is 10.1. The minimum atomic E-state index is -3.98. The monoisotopic (exact) mass is 367 g/mol. The number of ether oxygens (including phenoxy) is 1. The maximum absolute atomic E-state index is 12.1. The Balaban J connectivity index is 2.09. The lowest BCUT2D eigenvalue weighted by Crippen LogP contribution is -2.30. The van der Waals surface area contributed by atoms with Crippen molar-refractivity contribution >= 4 is 27.7 Å². The molecular formula is C15H17N3O6S. The number of anilines is 1. The number of nitrogens with two attached hydrogens (primary N) is 1. The van der Waals surface area contributed by atoms with E-state index in [1.54, 1.807) is 13.8 Å². The summed E-state index contributed by atoms with van der Waals surface area (Å²) in [6.45, 7) is 4.58. The third-order valence-corrected chi connectivity index (χ3v) is 4.32. The van der Waals surface area contributed by atoms with Crippen molar-refractivity contribution in [1.29, 1.82) is 0 Å². The summed E-state index contributed by atoms with van der Waals surface area (Å²) in [4.78, 5) is 23.9. The predicted molar refractivity (Wildman–Crippen MR) is 87.3 cm³/mol. The number of amides is 1. The van der Waals surface area contributed by atoms with Gasteiger partial charge >= 0.3 is 5.97 Å². The molecule has 0 saturated carbocycles. The van der Waals surface area contributed by atoms with Crippen molar-refractivity contribution in [2.24, 2.45) is 5.14 Å². The second kappa shape index (κ2) is 7.03. The highest BCUT2D eigenvalue weighted by Gasteiger charge is 2.22. The molecule has 0 aliphatic rings. The van der Waals surface area contributed by atoms with Gasteiger partial charge in [0.05, 0.1) is 10.5 Å². The van der Waals surface area contributed by atoms with Crippen LogP contribution in [0.15, 0.2) is 33.7 Å². The summed E-state index contributed by atoms with van der Waals surface area (Å²) in [5, 5.41) is 11.1. The lowest BCUT2D eigenvalue weighted by Gasteiger charge is -2.13. The second-order valence-corrected chi connectivity index (χ2v) is 6.91. The first-order valence-electron chi connectivity index (χ1n) is 7.16. The summed E-state index contributed by atoms with van der Waals surface area (Å²) in [5.74, 6) is -0.767. The number of sulfonamides is 1. The fourth-order valence-electron chi connectivity index (χ4n) is 1.97. The smallest absolute Gasteiger partial charge is 0.338 e. The van der Waals surface area contributed by atoms with Crippen molar-refractivity contribution in [3.8, 4) is 0 Å². The summed E-state index contributed by atoms with van der Waals surface area (Å²) >= 11 is 0. The van der Waals surface area contributed by atoms with E-state index in [0.717, 1.165) is 6.07 Å². The van der Waals surface area contributed by atoms with Crippen LogP contribution in [-0.4, -0.2) is 31.6 Å². The molecule has 10 heteroatoms. The SMILES string of the molecule is Cc1cc(NC(=O)C(C)OC(=O)c2ccc(C)c(S(N)(=O)=O)c2)no1. The van der Waals surface area contributed by atoms with Crippen LogP contribution >= 0.6 is 0 Å². The fraction of sp³-hybridized carbons (Fsp3) is 0.267. The number of hydrogen-bond acceptors (Lipinski definition) is 7. The molecule has 0 saturated heterocycles. The van der Waals surface area contributed by atoms with Gasteiger partial charge in [-0.1, -0.05) is 11.2 Å². The first-order chi connectivity index (χ1) is 11.6. The number of carbonyl (C=O) groups excluding carboxylic acids is 2. The first kappa shape index (κ1) is 18.6. The van der Waals surface area contributed by atoms with Crippen molar-refractivity contribution < 1.29 is 27.3 Å². The number of aromatic nitrogens is 1. The molecule has 134 valence electrons. The molecule has 2 aromatic rings. The zero-order valence-corrected chi connectivity index (χ0v) is 14.6. The number of aryl methyl sites for hydroxylation is 2. The molecule has 3 N–H and O–H groups in total. The fourth-order valence-corrected chi connectivity index (χ4v) is 2.78. The van der Waals surface area contributed by atoms with Crippen molar-refractivity contribution in [3.05, 3.63) is 41.2 Å². The van der Waals surface area contributed by atoms with Crippen molar-refractivity contribution in [3.63, 3.8) is 0 Å². The lowest BCUT2D eigenvalue weighted by molar-refractivity contribution is -0.123. The van der Waals surface area contributed by atoms with Crippen LogP contribution in [0.4, 0.5) is 5.82 Å². The third kappa shape index (κ3) is 4.64. The van der Waals surface area contributed by atoms with Crippen LogP contribution in [0.5, 0.6) is 0 Å². The summed E-state index contributed by atoms with van der Waals surface area (Å²) < 4.78 is 32.9. The number of nitrogens with zero attached hydrogens (tertiary/aromatic N) is 1. The van der Waals surface area contributed by atoms with Gasteiger partial charge in [0, 0.05) is 6.07 Å². The molecule has 9 nitrogen and oxygen atoms in total. The van der Waals surface area contributed by atoms with E-state index in [1.165, 1.54) is 25.1 Å². The Hall–Kier alpha value is -2.72. The Kier molecular flexibility index (Phi) is 5.24. The maximum Gasteiger partial charge on any atom is 0.338 e. The van der Waals surface area contributed by atoms with Gasteiger partial charge in [0.25, 0.3) is 5.91 Å². The molecule has 1 aromatic heterocycles. The molecule has 0 aliphatic heterocycles. The third-order valence-electron chi connectivity index (χ3n) is 3.26. The number of esters is 1. The molecule has 1 aromatic carbocycles. The van der Waals surface area contributed by atoms with Gasteiger partial charge in [0.15, 0.2) is 11.9 Å². The van der Waals surface area contributed by atoms with E-state index in [4.69, 9.17) is 14.4 Å². The molecule has 1 unspecified atom stereocenters. The average Bonchev–Trinajstić information content (AvgIpc) is 2.91. The van der Waals surface area contributed by atoms with Gasteiger partial charge in [0.1, 0.15) is 5.76 Å². The molecule has 1 atom stereocenters. The molecule has 2 rings (SSSR count). The molecule has 0 bridgehead atoms. The molecular weight excluding hydrogens is 350 g/mol. The second-order valence-electron chi connectivity index (χ2n) is 5.38. The Bertz CT molecular complexity index is 919. The number of nitrogens with one attached hydrogen (secondary N) is 1. The molecule has 0 aliphatic carbocycles. The first-order valence-corrected chi connectivity index (χ1v) is 8.71. The standard InChI is InChI=1S/C15H17N3O6S/c1-8-4-5-11(7-12(8)25(16,21)22)15(20)23-10(3)14(19)17-13-6-9(2)24-18-13/h4-7,10H,1-3H3,(H2,16,21,22)(H,17,18,19). The Morgan fingerprint density at radius 3 is 2.52 bits per heavy atom. The van der Waals surface area contributed by atoms with Crippen LogP contribution in [0, 0.1) is 13.8 Å². The predicted octanol–water partition coefficient (Wildman–Crippen LogP) is 1.12. The zero-order chi connectivity index (χ0) is 18.8. The van der Waals surface area contributed by atoms with Gasteiger partial charge in [-0.15, -0.1) is 0 Å². The van der Waals surface area contributed by atoms with Crippen molar-refractivity contribution in [2.75, 3.05) is 5.32 Å². The molecule has 0 fully saturated rings. The van der Waals surface area contributed by atoms with Gasteiger partial charge < -0.3 is 14.6 Å². The summed E-state index contributed by atoms with van der Waals surface area (Å²) in [7, 11) is -3.98. The molecule has 1 heterocycles. The van der Waals surface area contributed by atoms with E-state index in [1.807, 2.05) is 0 Å². The van der Waals surface area contributed by atoms with Gasteiger partial charge in [-0.25, -0.2) is 18.4 Å². The highest BCUT2D eigenvalue weighted by atomic mass is 32.2. The topological polar surface area (TPSA) is 142 Å². The number of rotatable bonds is 5. The van der Waals surface area contributed by atoms with Crippen LogP contribution in [0.2, 0.25) is 0 Å². The van der Waals surface area contributed by atoms with Crippen LogP contribution in [0.25, 0.3) is 0 Å². The van der Waals surface area contributed by atoms with Crippen LogP contribution in [0.1, 0.15) is 28.6 Å². The minimum Gasteiger partial charge on any atom is -0.449 e. The molecule has 0 spiro atoms.